The first-order chi connectivity index (χ1) is 8.99. The van der Waals surface area contributed by atoms with Crippen molar-refractivity contribution in [3.8, 4) is 0 Å². The second-order valence-corrected chi connectivity index (χ2v) is 5.19. The largest absolute Gasteiger partial charge is 0.389 e. The van der Waals surface area contributed by atoms with E-state index in [0.717, 1.165) is 16.9 Å². The quantitative estimate of drug-likeness (QED) is 0.893. The number of aliphatic hydroxyl groups is 1. The van der Waals surface area contributed by atoms with Gasteiger partial charge >= 0.3 is 0 Å². The van der Waals surface area contributed by atoms with Crippen molar-refractivity contribution >= 4 is 23.0 Å². The van der Waals surface area contributed by atoms with Gasteiger partial charge in [-0.15, -0.1) is 0 Å². The zero-order valence-electron chi connectivity index (χ0n) is 11.4. The Balaban J connectivity index is 2.34. The minimum atomic E-state index is -0.550. The first-order valence-electron chi connectivity index (χ1n) is 6.27. The first kappa shape index (κ1) is 13.9. The average Bonchev–Trinajstić information content (AvgIpc) is 2.37. The summed E-state index contributed by atoms with van der Waals surface area (Å²) in [5.41, 5.74) is 4.08. The van der Waals surface area contributed by atoms with Crippen LogP contribution in [0.2, 0.25) is 5.02 Å². The van der Waals surface area contributed by atoms with Crippen molar-refractivity contribution in [3.05, 3.63) is 58.6 Å². The number of aryl methyl sites for hydroxylation is 1. The molecular weight excluding hydrogens is 258 g/mol. The van der Waals surface area contributed by atoms with Crippen LogP contribution in [0.4, 0.5) is 11.4 Å². The highest BCUT2D eigenvalue weighted by molar-refractivity contribution is 6.31. The van der Waals surface area contributed by atoms with Gasteiger partial charge in [-0.3, -0.25) is 0 Å². The highest BCUT2D eigenvalue weighted by Gasteiger charge is 2.10. The van der Waals surface area contributed by atoms with E-state index in [1.54, 1.807) is 6.92 Å². The van der Waals surface area contributed by atoms with E-state index in [9.17, 15) is 5.11 Å². The highest BCUT2D eigenvalue weighted by Crippen LogP contribution is 2.30. The lowest BCUT2D eigenvalue weighted by molar-refractivity contribution is 0.199. The van der Waals surface area contributed by atoms with Crippen LogP contribution in [0, 0.1) is 6.92 Å². The lowest BCUT2D eigenvalue weighted by atomic mass is 10.1. The Morgan fingerprint density at radius 2 is 1.79 bits per heavy atom. The van der Waals surface area contributed by atoms with Crippen molar-refractivity contribution in [1.82, 2.24) is 0 Å². The molecule has 1 atom stereocenters. The molecule has 0 aliphatic heterocycles. The average molecular weight is 276 g/mol. The molecular formula is C16H18ClNO. The molecule has 0 aliphatic rings. The molecule has 2 aromatic rings. The summed E-state index contributed by atoms with van der Waals surface area (Å²) in [6, 6.07) is 14.0. The smallest absolute Gasteiger partial charge is 0.0776 e. The van der Waals surface area contributed by atoms with Gasteiger partial charge in [0.15, 0.2) is 0 Å². The molecule has 0 saturated carbocycles. The van der Waals surface area contributed by atoms with Crippen molar-refractivity contribution in [2.45, 2.75) is 20.0 Å². The number of nitrogens with zero attached hydrogens (tertiary/aromatic N) is 1. The molecule has 2 aromatic carbocycles. The molecule has 3 heteroatoms. The van der Waals surface area contributed by atoms with Gasteiger partial charge in [0, 0.05) is 23.4 Å². The van der Waals surface area contributed by atoms with Crippen molar-refractivity contribution in [1.29, 1.82) is 0 Å². The molecule has 100 valence electrons. The number of rotatable bonds is 3. The molecule has 2 rings (SSSR count). The van der Waals surface area contributed by atoms with Gasteiger partial charge in [0.2, 0.25) is 0 Å². The van der Waals surface area contributed by atoms with E-state index in [1.807, 2.05) is 31.3 Å². The Morgan fingerprint density at radius 3 is 2.37 bits per heavy atom. The molecule has 0 radical (unpaired) electrons. The van der Waals surface area contributed by atoms with E-state index in [4.69, 9.17) is 11.6 Å². The summed E-state index contributed by atoms with van der Waals surface area (Å²) in [5.74, 6) is 0. The summed E-state index contributed by atoms with van der Waals surface area (Å²) in [4.78, 5) is 2.07. The minimum Gasteiger partial charge on any atom is -0.389 e. The summed E-state index contributed by atoms with van der Waals surface area (Å²) >= 11 is 6.20. The number of benzene rings is 2. The first-order valence-corrected chi connectivity index (χ1v) is 6.64. The zero-order valence-corrected chi connectivity index (χ0v) is 12.1. The molecule has 1 unspecified atom stereocenters. The van der Waals surface area contributed by atoms with Crippen LogP contribution >= 0.6 is 11.6 Å². The molecule has 0 aliphatic carbocycles. The van der Waals surface area contributed by atoms with Gasteiger partial charge in [0.05, 0.1) is 6.10 Å². The van der Waals surface area contributed by atoms with Crippen LogP contribution in [0.3, 0.4) is 0 Å². The monoisotopic (exact) mass is 275 g/mol. The molecule has 0 saturated heterocycles. The number of hydrogen-bond donors (Lipinski definition) is 1. The molecule has 0 amide bonds. The summed E-state index contributed by atoms with van der Waals surface area (Å²) in [5, 5.41) is 10.2. The molecule has 0 spiro atoms. The van der Waals surface area contributed by atoms with Gasteiger partial charge in [0.25, 0.3) is 0 Å². The predicted octanol–water partition coefficient (Wildman–Crippen LogP) is 4.47. The lowest BCUT2D eigenvalue weighted by Gasteiger charge is -2.21. The number of halogens is 1. The van der Waals surface area contributed by atoms with Crippen molar-refractivity contribution in [2.75, 3.05) is 11.9 Å². The van der Waals surface area contributed by atoms with Crippen molar-refractivity contribution in [2.24, 2.45) is 0 Å². The second-order valence-electron chi connectivity index (χ2n) is 4.78. The number of hydrogen-bond acceptors (Lipinski definition) is 2. The summed E-state index contributed by atoms with van der Waals surface area (Å²) in [7, 11) is 2.00. The van der Waals surface area contributed by atoms with Crippen LogP contribution in [0.5, 0.6) is 0 Å². The Morgan fingerprint density at radius 1 is 1.11 bits per heavy atom. The molecule has 0 bridgehead atoms. The fourth-order valence-electron chi connectivity index (χ4n) is 2.05. The number of aliphatic hydroxyl groups excluding tert-OH is 1. The standard InChI is InChI=1S/C16H18ClNO/c1-11-5-4-6-13(9-11)18(3)14-7-8-15(12(2)19)16(17)10-14/h4-10,12,19H,1-3H3. The maximum Gasteiger partial charge on any atom is 0.0776 e. The zero-order chi connectivity index (χ0) is 14.0. The normalized spacial score (nSPS) is 12.3. The fraction of sp³-hybridized carbons (Fsp3) is 0.250. The van der Waals surface area contributed by atoms with Crippen molar-refractivity contribution < 1.29 is 5.11 Å². The summed E-state index contributed by atoms with van der Waals surface area (Å²) < 4.78 is 0. The molecule has 19 heavy (non-hydrogen) atoms. The van der Waals surface area contributed by atoms with Crippen molar-refractivity contribution in [3.63, 3.8) is 0 Å². The van der Waals surface area contributed by atoms with Crippen LogP contribution in [-0.4, -0.2) is 12.2 Å². The van der Waals surface area contributed by atoms with Crippen LogP contribution in [0.1, 0.15) is 24.2 Å². The molecule has 2 nitrogen and oxygen atoms in total. The van der Waals surface area contributed by atoms with Gasteiger partial charge < -0.3 is 10.0 Å². The number of anilines is 2. The van der Waals surface area contributed by atoms with Gasteiger partial charge in [-0.05, 0) is 49.2 Å². The third kappa shape index (κ3) is 3.09. The van der Waals surface area contributed by atoms with E-state index in [0.29, 0.717) is 5.02 Å². The third-order valence-corrected chi connectivity index (χ3v) is 3.54. The van der Waals surface area contributed by atoms with Gasteiger partial charge in [-0.2, -0.15) is 0 Å². The maximum atomic E-state index is 9.59. The van der Waals surface area contributed by atoms with E-state index in [-0.39, 0.29) is 0 Å². The lowest BCUT2D eigenvalue weighted by Crippen LogP contribution is -2.09. The Bertz CT molecular complexity index is 581. The van der Waals surface area contributed by atoms with E-state index in [2.05, 4.69) is 30.0 Å². The van der Waals surface area contributed by atoms with Gasteiger partial charge in [-0.1, -0.05) is 29.8 Å². The van der Waals surface area contributed by atoms with Crippen LogP contribution in [0.15, 0.2) is 42.5 Å². The van der Waals surface area contributed by atoms with Crippen LogP contribution in [0.25, 0.3) is 0 Å². The van der Waals surface area contributed by atoms with E-state index in [1.165, 1.54) is 5.56 Å². The third-order valence-electron chi connectivity index (χ3n) is 3.21. The summed E-state index contributed by atoms with van der Waals surface area (Å²) in [6.45, 7) is 3.78. The Labute approximate surface area is 119 Å². The topological polar surface area (TPSA) is 23.5 Å². The molecule has 1 N–H and O–H groups in total. The second kappa shape index (κ2) is 5.64. The maximum absolute atomic E-state index is 9.59. The van der Waals surface area contributed by atoms with E-state index >= 15 is 0 Å². The fourth-order valence-corrected chi connectivity index (χ4v) is 2.38. The van der Waals surface area contributed by atoms with Crippen LogP contribution in [-0.2, 0) is 0 Å². The predicted molar refractivity (Wildman–Crippen MR) is 81.3 cm³/mol. The Kier molecular flexibility index (Phi) is 4.13. The minimum absolute atomic E-state index is 0.550. The van der Waals surface area contributed by atoms with Gasteiger partial charge in [-0.25, -0.2) is 0 Å². The SMILES string of the molecule is Cc1cccc(N(C)c2ccc(C(C)O)c(Cl)c2)c1. The molecule has 0 heterocycles. The summed E-state index contributed by atoms with van der Waals surface area (Å²) in [6.07, 6.45) is -0.550. The van der Waals surface area contributed by atoms with E-state index < -0.39 is 6.10 Å². The van der Waals surface area contributed by atoms with Crippen LogP contribution < -0.4 is 4.90 Å². The highest BCUT2D eigenvalue weighted by atomic mass is 35.5. The van der Waals surface area contributed by atoms with Gasteiger partial charge in [0.1, 0.15) is 0 Å². The molecule has 0 aromatic heterocycles. The Hall–Kier alpha value is -1.51. The molecule has 0 fully saturated rings.